The van der Waals surface area contributed by atoms with Crippen LogP contribution in [0.2, 0.25) is 10.0 Å². The fraction of sp³-hybridized carbons (Fsp3) is 0.300. The first-order chi connectivity index (χ1) is 13.6. The number of nitro groups is 1. The van der Waals surface area contributed by atoms with Crippen LogP contribution in [0.1, 0.15) is 47.8 Å². The monoisotopic (exact) mass is 436 g/mol. The average Bonchev–Trinajstić information content (AvgIpc) is 2.65. The molecule has 0 bridgehead atoms. The Morgan fingerprint density at radius 1 is 1.21 bits per heavy atom. The van der Waals surface area contributed by atoms with Crippen LogP contribution in [-0.4, -0.2) is 22.4 Å². The molecule has 1 amide bonds. The zero-order valence-electron chi connectivity index (χ0n) is 15.7. The Bertz CT molecular complexity index is 1010. The largest absolute Gasteiger partial charge is 0.457 e. The number of aryl methyl sites for hydroxylation is 1. The summed E-state index contributed by atoms with van der Waals surface area (Å²) in [5.74, 6) is -0.971. The zero-order valence-corrected chi connectivity index (χ0v) is 17.2. The molecule has 152 valence electrons. The molecule has 0 heterocycles. The van der Waals surface area contributed by atoms with E-state index in [9.17, 15) is 19.7 Å². The van der Waals surface area contributed by atoms with Crippen LogP contribution in [0.25, 0.3) is 0 Å². The number of amides is 1. The molecule has 2 aromatic carbocycles. The second kappa shape index (κ2) is 8.00. The molecular weight excluding hydrogens is 419 g/mol. The lowest BCUT2D eigenvalue weighted by Crippen LogP contribution is -2.49. The van der Waals surface area contributed by atoms with Gasteiger partial charge >= 0.3 is 5.97 Å². The van der Waals surface area contributed by atoms with Crippen LogP contribution in [0.3, 0.4) is 0 Å². The Labute approximate surface area is 177 Å². The number of nitrogens with one attached hydrogen (secondary N) is 1. The van der Waals surface area contributed by atoms with E-state index in [0.29, 0.717) is 23.4 Å². The van der Waals surface area contributed by atoms with Gasteiger partial charge < -0.3 is 10.1 Å². The first-order valence-electron chi connectivity index (χ1n) is 8.83. The van der Waals surface area contributed by atoms with Crippen LogP contribution in [0, 0.1) is 10.1 Å². The van der Waals surface area contributed by atoms with E-state index in [1.165, 1.54) is 37.3 Å². The summed E-state index contributed by atoms with van der Waals surface area (Å²) in [4.78, 5) is 35.4. The van der Waals surface area contributed by atoms with E-state index in [4.69, 9.17) is 27.9 Å². The molecule has 0 radical (unpaired) electrons. The Hall–Kier alpha value is -2.64. The lowest BCUT2D eigenvalue weighted by molar-refractivity contribution is -0.385. The number of fused-ring (bicyclic) bond motifs is 1. The van der Waals surface area contributed by atoms with Crippen molar-refractivity contribution in [3.05, 3.63) is 73.2 Å². The lowest BCUT2D eigenvalue weighted by atomic mass is 9.76. The van der Waals surface area contributed by atoms with Crippen LogP contribution in [0.4, 0.5) is 5.69 Å². The maximum absolute atomic E-state index is 12.9. The highest BCUT2D eigenvalue weighted by Gasteiger charge is 2.44. The number of esters is 1. The number of carbonyl (C=O) groups excluding carboxylic acids is 2. The third-order valence-corrected chi connectivity index (χ3v) is 5.73. The second-order valence-electron chi connectivity index (χ2n) is 7.08. The Balaban J connectivity index is 2.04. The van der Waals surface area contributed by atoms with Crippen molar-refractivity contribution in [1.29, 1.82) is 0 Å². The predicted molar refractivity (Wildman–Crippen MR) is 108 cm³/mol. The van der Waals surface area contributed by atoms with Gasteiger partial charge in [-0.1, -0.05) is 29.3 Å². The summed E-state index contributed by atoms with van der Waals surface area (Å²) in [7, 11) is 0. The van der Waals surface area contributed by atoms with Gasteiger partial charge in [-0.05, 0) is 49.1 Å². The van der Waals surface area contributed by atoms with Gasteiger partial charge in [0, 0.05) is 24.6 Å². The van der Waals surface area contributed by atoms with E-state index in [1.807, 2.05) is 0 Å². The highest BCUT2D eigenvalue weighted by Crippen LogP contribution is 2.41. The van der Waals surface area contributed by atoms with E-state index >= 15 is 0 Å². The molecule has 29 heavy (non-hydrogen) atoms. The first kappa shape index (κ1) is 21.1. The molecule has 3 rings (SSSR count). The molecular formula is C20H18Cl2N2O5. The summed E-state index contributed by atoms with van der Waals surface area (Å²) in [5.41, 5.74) is 0.481. The van der Waals surface area contributed by atoms with Gasteiger partial charge in [-0.3, -0.25) is 19.7 Å². The molecule has 1 N–H and O–H groups in total. The van der Waals surface area contributed by atoms with E-state index in [1.54, 1.807) is 13.0 Å². The van der Waals surface area contributed by atoms with Gasteiger partial charge in [-0.15, -0.1) is 0 Å². The van der Waals surface area contributed by atoms with Crippen molar-refractivity contribution < 1.29 is 19.2 Å². The van der Waals surface area contributed by atoms with E-state index in [2.05, 4.69) is 5.32 Å². The van der Waals surface area contributed by atoms with Gasteiger partial charge in [0.05, 0.1) is 21.0 Å². The summed E-state index contributed by atoms with van der Waals surface area (Å²) in [5, 5.41) is 14.6. The van der Waals surface area contributed by atoms with E-state index < -0.39 is 28.4 Å². The normalized spacial score (nSPS) is 20.5. The van der Waals surface area contributed by atoms with Crippen LogP contribution in [0.5, 0.6) is 0 Å². The van der Waals surface area contributed by atoms with Gasteiger partial charge in [0.25, 0.3) is 11.6 Å². The number of nitrogens with zero attached hydrogens (tertiary/aromatic N) is 1. The summed E-state index contributed by atoms with van der Waals surface area (Å²) >= 11 is 11.9. The number of carbonyl (C=O) groups is 2. The molecule has 0 aromatic heterocycles. The number of rotatable bonds is 4. The number of halogens is 2. The Morgan fingerprint density at radius 3 is 2.55 bits per heavy atom. The number of non-ortho nitro benzene ring substituents is 1. The standard InChI is InChI=1S/C20H18Cl2N2O5/c1-11(25)29-20(2)8-7-12-3-5-14(24(27)28)10-15(12)18(20)23-19(26)13-4-6-16(21)17(22)9-13/h3-6,9-10,18H,7-8H2,1-2H3,(H,23,26)/t18-,20+/m1/s1. The molecule has 1 aliphatic carbocycles. The minimum atomic E-state index is -1.07. The smallest absolute Gasteiger partial charge is 0.303 e. The highest BCUT2D eigenvalue weighted by molar-refractivity contribution is 6.42. The Kier molecular flexibility index (Phi) is 5.82. The van der Waals surface area contributed by atoms with Crippen molar-refractivity contribution in [2.45, 2.75) is 38.3 Å². The van der Waals surface area contributed by atoms with Crippen molar-refractivity contribution in [3.8, 4) is 0 Å². The van der Waals surface area contributed by atoms with Crippen LogP contribution in [-0.2, 0) is 16.0 Å². The molecule has 2 aromatic rings. The van der Waals surface area contributed by atoms with Crippen LogP contribution < -0.4 is 5.32 Å². The van der Waals surface area contributed by atoms with Crippen molar-refractivity contribution >= 4 is 40.8 Å². The number of nitro benzene ring substituents is 1. The summed E-state index contributed by atoms with van der Waals surface area (Å²) in [6.07, 6.45) is 1.000. The number of hydrogen-bond donors (Lipinski definition) is 1. The van der Waals surface area contributed by atoms with Crippen molar-refractivity contribution in [1.82, 2.24) is 5.32 Å². The summed E-state index contributed by atoms with van der Waals surface area (Å²) in [6, 6.07) is 8.17. The third kappa shape index (κ3) is 4.36. The molecule has 0 fully saturated rings. The minimum absolute atomic E-state index is 0.107. The number of ether oxygens (including phenoxy) is 1. The SMILES string of the molecule is CC(=O)O[C@@]1(C)CCc2ccc([N+](=O)[O-])cc2[C@H]1NC(=O)c1ccc(Cl)c(Cl)c1. The van der Waals surface area contributed by atoms with Crippen molar-refractivity contribution in [3.63, 3.8) is 0 Å². The molecule has 0 unspecified atom stereocenters. The van der Waals surface area contributed by atoms with E-state index in [-0.39, 0.29) is 16.3 Å². The van der Waals surface area contributed by atoms with E-state index in [0.717, 1.165) is 5.56 Å². The summed E-state index contributed by atoms with van der Waals surface area (Å²) < 4.78 is 5.56. The molecule has 0 saturated carbocycles. The molecule has 0 spiro atoms. The van der Waals surface area contributed by atoms with Gasteiger partial charge in [-0.2, -0.15) is 0 Å². The molecule has 7 nitrogen and oxygen atoms in total. The molecule has 1 aliphatic rings. The maximum Gasteiger partial charge on any atom is 0.303 e. The topological polar surface area (TPSA) is 98.5 Å². The van der Waals surface area contributed by atoms with Crippen molar-refractivity contribution in [2.24, 2.45) is 0 Å². The van der Waals surface area contributed by atoms with Gasteiger partial charge in [0.2, 0.25) is 0 Å². The van der Waals surface area contributed by atoms with Gasteiger partial charge in [0.15, 0.2) is 0 Å². The summed E-state index contributed by atoms with van der Waals surface area (Å²) in [6.45, 7) is 2.99. The molecule has 0 aliphatic heterocycles. The highest BCUT2D eigenvalue weighted by atomic mass is 35.5. The lowest BCUT2D eigenvalue weighted by Gasteiger charge is -2.41. The Morgan fingerprint density at radius 2 is 1.93 bits per heavy atom. The maximum atomic E-state index is 12.9. The minimum Gasteiger partial charge on any atom is -0.457 e. The number of hydrogen-bond acceptors (Lipinski definition) is 5. The number of benzene rings is 2. The quantitative estimate of drug-likeness (QED) is 0.427. The third-order valence-electron chi connectivity index (χ3n) is 4.99. The van der Waals surface area contributed by atoms with Crippen molar-refractivity contribution in [2.75, 3.05) is 0 Å². The zero-order chi connectivity index (χ0) is 21.3. The van der Waals surface area contributed by atoms with Gasteiger partial charge in [-0.25, -0.2) is 0 Å². The van der Waals surface area contributed by atoms with Gasteiger partial charge in [0.1, 0.15) is 5.60 Å². The fourth-order valence-corrected chi connectivity index (χ4v) is 3.87. The van der Waals surface area contributed by atoms with Crippen LogP contribution >= 0.6 is 23.2 Å². The molecule has 9 heteroatoms. The van der Waals surface area contributed by atoms with Crippen LogP contribution in [0.15, 0.2) is 36.4 Å². The average molecular weight is 437 g/mol. The molecule has 2 atom stereocenters. The molecule has 0 saturated heterocycles. The predicted octanol–water partition coefficient (Wildman–Crippen LogP) is 4.64. The first-order valence-corrected chi connectivity index (χ1v) is 9.59. The second-order valence-corrected chi connectivity index (χ2v) is 7.90. The fourth-order valence-electron chi connectivity index (χ4n) is 3.57.